The number of halogens is 1. The van der Waals surface area contributed by atoms with E-state index in [0.29, 0.717) is 10.6 Å². The Balaban J connectivity index is 2.10. The molecule has 0 spiro atoms. The zero-order chi connectivity index (χ0) is 14.1. The van der Waals surface area contributed by atoms with Gasteiger partial charge in [0.15, 0.2) is 0 Å². The highest BCUT2D eigenvalue weighted by molar-refractivity contribution is 6.30. The van der Waals surface area contributed by atoms with E-state index in [1.807, 2.05) is 30.3 Å². The van der Waals surface area contributed by atoms with Gasteiger partial charge in [0.1, 0.15) is 0 Å². The highest BCUT2D eigenvalue weighted by Crippen LogP contribution is 2.21. The second-order valence-electron chi connectivity index (χ2n) is 4.30. The molecule has 3 aromatic rings. The van der Waals surface area contributed by atoms with Crippen molar-refractivity contribution in [2.24, 2.45) is 0 Å². The molecule has 0 saturated heterocycles. The topological polar surface area (TPSA) is 44.1 Å². The molecule has 0 N–H and O–H groups in total. The summed E-state index contributed by atoms with van der Waals surface area (Å²) in [6.45, 7) is 0. The van der Waals surface area contributed by atoms with Gasteiger partial charge in [0.2, 0.25) is 0 Å². The predicted octanol–water partition coefficient (Wildman–Crippen LogP) is 3.47. The number of esters is 1. The fourth-order valence-corrected chi connectivity index (χ4v) is 2.19. The van der Waals surface area contributed by atoms with Crippen molar-refractivity contribution in [2.75, 3.05) is 7.11 Å². The molecule has 3 rings (SSSR count). The summed E-state index contributed by atoms with van der Waals surface area (Å²) >= 11 is 5.88. The van der Waals surface area contributed by atoms with Crippen LogP contribution in [0.3, 0.4) is 0 Å². The van der Waals surface area contributed by atoms with Crippen LogP contribution in [0.1, 0.15) is 10.4 Å². The third-order valence-electron chi connectivity index (χ3n) is 3.06. The Morgan fingerprint density at radius 2 is 1.95 bits per heavy atom. The van der Waals surface area contributed by atoms with Crippen LogP contribution in [-0.2, 0) is 4.74 Å². The number of carbonyl (C=O) groups is 1. The van der Waals surface area contributed by atoms with E-state index >= 15 is 0 Å². The molecule has 0 saturated carbocycles. The van der Waals surface area contributed by atoms with Gasteiger partial charge < -0.3 is 4.74 Å². The average Bonchev–Trinajstić information content (AvgIpc) is 2.90. The Morgan fingerprint density at radius 1 is 1.20 bits per heavy atom. The van der Waals surface area contributed by atoms with Gasteiger partial charge in [-0.1, -0.05) is 11.6 Å². The molecule has 100 valence electrons. The molecule has 0 aliphatic heterocycles. The van der Waals surface area contributed by atoms with Crippen molar-refractivity contribution < 1.29 is 9.53 Å². The van der Waals surface area contributed by atoms with Crippen LogP contribution in [0.15, 0.2) is 48.7 Å². The highest BCUT2D eigenvalue weighted by atomic mass is 35.5. The summed E-state index contributed by atoms with van der Waals surface area (Å²) in [6, 6.07) is 12.7. The lowest BCUT2D eigenvalue weighted by Crippen LogP contribution is -2.01. The Labute approximate surface area is 120 Å². The maximum Gasteiger partial charge on any atom is 0.337 e. The summed E-state index contributed by atoms with van der Waals surface area (Å²) in [5, 5.41) is 5.90. The lowest BCUT2D eigenvalue weighted by Gasteiger charge is -2.04. The summed E-state index contributed by atoms with van der Waals surface area (Å²) in [5.41, 5.74) is 2.34. The first kappa shape index (κ1) is 12.7. The second kappa shape index (κ2) is 4.98. The van der Waals surface area contributed by atoms with Gasteiger partial charge >= 0.3 is 5.97 Å². The summed E-state index contributed by atoms with van der Waals surface area (Å²) in [5.74, 6) is -0.355. The fraction of sp³-hybridized carbons (Fsp3) is 0.0667. The van der Waals surface area contributed by atoms with Gasteiger partial charge in [0, 0.05) is 10.4 Å². The summed E-state index contributed by atoms with van der Waals surface area (Å²) < 4.78 is 6.51. The normalized spacial score (nSPS) is 10.7. The van der Waals surface area contributed by atoms with Crippen molar-refractivity contribution in [1.29, 1.82) is 0 Å². The van der Waals surface area contributed by atoms with E-state index < -0.39 is 0 Å². The van der Waals surface area contributed by atoms with Gasteiger partial charge in [-0.2, -0.15) is 5.10 Å². The van der Waals surface area contributed by atoms with E-state index in [1.54, 1.807) is 23.0 Å². The van der Waals surface area contributed by atoms with Crippen LogP contribution in [0, 0.1) is 0 Å². The van der Waals surface area contributed by atoms with Crippen LogP contribution in [0.4, 0.5) is 0 Å². The summed E-state index contributed by atoms with van der Waals surface area (Å²) in [7, 11) is 1.36. The number of hydrogen-bond donors (Lipinski definition) is 0. The Kier molecular flexibility index (Phi) is 3.16. The van der Waals surface area contributed by atoms with Gasteiger partial charge in [-0.3, -0.25) is 0 Å². The molecule has 0 radical (unpaired) electrons. The summed E-state index contributed by atoms with van der Waals surface area (Å²) in [4.78, 5) is 11.5. The molecule has 0 atom stereocenters. The minimum absolute atomic E-state index is 0.355. The molecule has 0 unspecified atom stereocenters. The van der Waals surface area contributed by atoms with Crippen molar-refractivity contribution in [3.8, 4) is 5.69 Å². The monoisotopic (exact) mass is 286 g/mol. The number of aromatic nitrogens is 2. The SMILES string of the molecule is COC(=O)c1ccc2c(cnn2-c2ccc(Cl)cc2)c1. The second-order valence-corrected chi connectivity index (χ2v) is 4.73. The van der Waals surface area contributed by atoms with Crippen molar-refractivity contribution in [3.63, 3.8) is 0 Å². The number of methoxy groups -OCH3 is 1. The van der Waals surface area contributed by atoms with E-state index in [2.05, 4.69) is 5.10 Å². The van der Waals surface area contributed by atoms with Gasteiger partial charge in [-0.05, 0) is 42.5 Å². The third-order valence-corrected chi connectivity index (χ3v) is 3.31. The van der Waals surface area contributed by atoms with E-state index in [4.69, 9.17) is 16.3 Å². The van der Waals surface area contributed by atoms with Gasteiger partial charge in [-0.25, -0.2) is 9.48 Å². The van der Waals surface area contributed by atoms with Gasteiger partial charge in [0.25, 0.3) is 0 Å². The first-order valence-corrected chi connectivity index (χ1v) is 6.39. The molecule has 4 nitrogen and oxygen atoms in total. The molecular weight excluding hydrogens is 276 g/mol. The van der Waals surface area contributed by atoms with Crippen LogP contribution < -0.4 is 0 Å². The van der Waals surface area contributed by atoms with Crippen molar-refractivity contribution in [1.82, 2.24) is 9.78 Å². The smallest absolute Gasteiger partial charge is 0.337 e. The number of ether oxygens (including phenoxy) is 1. The molecule has 0 bridgehead atoms. The fourth-order valence-electron chi connectivity index (χ4n) is 2.07. The van der Waals surface area contributed by atoms with Crippen LogP contribution >= 0.6 is 11.6 Å². The largest absolute Gasteiger partial charge is 0.465 e. The number of carbonyl (C=O) groups excluding carboxylic acids is 1. The van der Waals surface area contributed by atoms with E-state index in [0.717, 1.165) is 16.6 Å². The average molecular weight is 287 g/mol. The first-order chi connectivity index (χ1) is 9.69. The van der Waals surface area contributed by atoms with Gasteiger partial charge in [0.05, 0.1) is 30.1 Å². The maximum atomic E-state index is 11.5. The Morgan fingerprint density at radius 3 is 2.65 bits per heavy atom. The Bertz CT molecular complexity index is 778. The minimum Gasteiger partial charge on any atom is -0.465 e. The van der Waals surface area contributed by atoms with Crippen LogP contribution in [0.5, 0.6) is 0 Å². The van der Waals surface area contributed by atoms with Crippen molar-refractivity contribution >= 4 is 28.5 Å². The molecule has 1 heterocycles. The van der Waals surface area contributed by atoms with Crippen molar-refractivity contribution in [2.45, 2.75) is 0 Å². The van der Waals surface area contributed by atoms with E-state index in [9.17, 15) is 4.79 Å². The van der Waals surface area contributed by atoms with E-state index in [-0.39, 0.29) is 5.97 Å². The maximum absolute atomic E-state index is 11.5. The van der Waals surface area contributed by atoms with Crippen molar-refractivity contribution in [3.05, 3.63) is 59.2 Å². The molecule has 0 aliphatic rings. The van der Waals surface area contributed by atoms with Crippen LogP contribution in [0.2, 0.25) is 5.02 Å². The molecule has 0 aliphatic carbocycles. The number of fused-ring (bicyclic) bond motifs is 1. The summed E-state index contributed by atoms with van der Waals surface area (Å²) in [6.07, 6.45) is 1.72. The molecule has 20 heavy (non-hydrogen) atoms. The lowest BCUT2D eigenvalue weighted by molar-refractivity contribution is 0.0601. The zero-order valence-corrected chi connectivity index (χ0v) is 11.5. The quantitative estimate of drug-likeness (QED) is 0.678. The molecule has 2 aromatic carbocycles. The molecular formula is C15H11ClN2O2. The molecule has 1 aromatic heterocycles. The minimum atomic E-state index is -0.355. The number of rotatable bonds is 2. The van der Waals surface area contributed by atoms with E-state index in [1.165, 1.54) is 7.11 Å². The predicted molar refractivity (Wildman–Crippen MR) is 77.4 cm³/mol. The standard InChI is InChI=1S/C15H11ClN2O2/c1-20-15(19)10-2-7-14-11(8-10)9-17-18(14)13-5-3-12(16)4-6-13/h2-9H,1H3. The molecule has 0 fully saturated rings. The number of nitrogens with zero attached hydrogens (tertiary/aromatic N) is 2. The molecule has 0 amide bonds. The van der Waals surface area contributed by atoms with Crippen LogP contribution in [0.25, 0.3) is 16.6 Å². The number of benzene rings is 2. The zero-order valence-electron chi connectivity index (χ0n) is 10.7. The number of hydrogen-bond acceptors (Lipinski definition) is 3. The molecule has 5 heteroatoms. The first-order valence-electron chi connectivity index (χ1n) is 6.01. The van der Waals surface area contributed by atoms with Gasteiger partial charge in [-0.15, -0.1) is 0 Å². The lowest BCUT2D eigenvalue weighted by atomic mass is 10.1. The Hall–Kier alpha value is -2.33. The van der Waals surface area contributed by atoms with Crippen LogP contribution in [-0.4, -0.2) is 22.9 Å². The third kappa shape index (κ3) is 2.14. The highest BCUT2D eigenvalue weighted by Gasteiger charge is 2.09.